The third-order valence-electron chi connectivity index (χ3n) is 3.42. The number of aliphatic hydroxyl groups is 1. The van der Waals surface area contributed by atoms with E-state index >= 15 is 0 Å². The van der Waals surface area contributed by atoms with Gasteiger partial charge in [-0.15, -0.1) is 10.1 Å². The van der Waals surface area contributed by atoms with Crippen LogP contribution < -0.4 is 5.32 Å². The van der Waals surface area contributed by atoms with Crippen molar-refractivity contribution in [1.29, 1.82) is 0 Å². The van der Waals surface area contributed by atoms with Crippen molar-refractivity contribution in [3.05, 3.63) is 39.4 Å². The van der Waals surface area contributed by atoms with Gasteiger partial charge < -0.3 is 25.1 Å². The molecule has 1 rings (SSSR count). The minimum absolute atomic E-state index is 0.0353. The van der Waals surface area contributed by atoms with E-state index in [0.29, 0.717) is 17.7 Å². The zero-order chi connectivity index (χ0) is 19.7. The lowest BCUT2D eigenvalue weighted by molar-refractivity contribution is -0.757. The summed E-state index contributed by atoms with van der Waals surface area (Å²) in [5, 5.41) is 32.4. The van der Waals surface area contributed by atoms with E-state index in [1.807, 2.05) is 20.8 Å². The molecule has 26 heavy (non-hydrogen) atoms. The Morgan fingerprint density at radius 2 is 2.08 bits per heavy atom. The molecule has 0 radical (unpaired) electrons. The number of phenolic OH excluding ortho intramolecular Hbond substituents is 1. The molecule has 9 nitrogen and oxygen atoms in total. The summed E-state index contributed by atoms with van der Waals surface area (Å²) in [7, 11) is 0. The summed E-state index contributed by atoms with van der Waals surface area (Å²) >= 11 is 0. The average Bonchev–Trinajstić information content (AvgIpc) is 2.55. The molecule has 0 aliphatic rings. The number of rotatable bonds is 10. The molecule has 0 aliphatic heterocycles. The van der Waals surface area contributed by atoms with Crippen LogP contribution in [0, 0.1) is 10.1 Å². The molecule has 0 heterocycles. The van der Waals surface area contributed by atoms with E-state index in [9.17, 15) is 25.1 Å². The molecule has 9 heteroatoms. The van der Waals surface area contributed by atoms with Crippen LogP contribution in [0.2, 0.25) is 0 Å². The van der Waals surface area contributed by atoms with Crippen LogP contribution in [0.25, 0.3) is 0 Å². The zero-order valence-corrected chi connectivity index (χ0v) is 15.2. The quantitative estimate of drug-likeness (QED) is 0.246. The SMILES string of the molecule is CC(C)(C)NCC(O)c1ccc(O)c(COC(=O)CCCO[N+](=O)[O-])c1. The topological polar surface area (TPSA) is 131 Å². The largest absolute Gasteiger partial charge is 0.508 e. The predicted molar refractivity (Wildman–Crippen MR) is 92.8 cm³/mol. The number of β-amino-alcohol motifs (C(OH)–C–C–N with tert-alkyl or cyclic N) is 1. The fourth-order valence-electron chi connectivity index (χ4n) is 2.04. The van der Waals surface area contributed by atoms with Crippen molar-refractivity contribution >= 4 is 5.97 Å². The molecular formula is C17H26N2O7. The summed E-state index contributed by atoms with van der Waals surface area (Å²) in [6.45, 7) is 5.95. The van der Waals surface area contributed by atoms with E-state index in [-0.39, 0.29) is 37.3 Å². The van der Waals surface area contributed by atoms with Crippen molar-refractivity contribution in [3.63, 3.8) is 0 Å². The standard InChI is InChI=1S/C17H26N2O7/c1-17(2,3)18-10-15(21)12-6-7-14(20)13(9-12)11-25-16(22)5-4-8-26-19(23)24/h6-7,9,15,18,20-21H,4-5,8,10-11H2,1-3H3. The molecule has 146 valence electrons. The summed E-state index contributed by atoms with van der Waals surface area (Å²) < 4.78 is 5.04. The maximum absolute atomic E-state index is 11.6. The predicted octanol–water partition coefficient (Wildman–Crippen LogP) is 1.85. The number of aliphatic hydroxyl groups excluding tert-OH is 1. The molecule has 0 saturated carbocycles. The van der Waals surface area contributed by atoms with Gasteiger partial charge in [0.05, 0.1) is 12.7 Å². The lowest BCUT2D eigenvalue weighted by atomic mass is 10.0. The maximum Gasteiger partial charge on any atom is 0.306 e. The minimum atomic E-state index is -0.922. The van der Waals surface area contributed by atoms with Crippen LogP contribution in [0.3, 0.4) is 0 Å². The summed E-state index contributed by atoms with van der Waals surface area (Å²) in [4.78, 5) is 25.7. The second-order valence-electron chi connectivity index (χ2n) is 6.86. The van der Waals surface area contributed by atoms with Gasteiger partial charge in [0.2, 0.25) is 0 Å². The minimum Gasteiger partial charge on any atom is -0.508 e. The van der Waals surface area contributed by atoms with Crippen molar-refractivity contribution in [3.8, 4) is 5.75 Å². The number of benzene rings is 1. The van der Waals surface area contributed by atoms with Crippen molar-refractivity contribution in [2.75, 3.05) is 13.2 Å². The molecule has 0 aromatic heterocycles. The first-order valence-electron chi connectivity index (χ1n) is 8.26. The van der Waals surface area contributed by atoms with Crippen LogP contribution in [-0.4, -0.2) is 40.0 Å². The molecule has 1 aromatic carbocycles. The van der Waals surface area contributed by atoms with Crippen molar-refractivity contribution < 1.29 is 29.7 Å². The summed E-state index contributed by atoms with van der Waals surface area (Å²) in [6.07, 6.45) is -0.654. The number of carbonyl (C=O) groups excluding carboxylic acids is 1. The van der Waals surface area contributed by atoms with Gasteiger partial charge in [-0.25, -0.2) is 0 Å². The molecule has 0 fully saturated rings. The lowest BCUT2D eigenvalue weighted by Crippen LogP contribution is -2.38. The Morgan fingerprint density at radius 3 is 2.69 bits per heavy atom. The Balaban J connectivity index is 2.53. The summed E-state index contributed by atoms with van der Waals surface area (Å²) in [6, 6.07) is 4.61. The van der Waals surface area contributed by atoms with E-state index < -0.39 is 17.2 Å². The molecule has 0 saturated heterocycles. The molecule has 3 N–H and O–H groups in total. The molecule has 0 spiro atoms. The first kappa shape index (κ1) is 21.7. The monoisotopic (exact) mass is 370 g/mol. The van der Waals surface area contributed by atoms with Gasteiger partial charge in [-0.3, -0.25) is 4.79 Å². The highest BCUT2D eigenvalue weighted by molar-refractivity contribution is 5.69. The van der Waals surface area contributed by atoms with Gasteiger partial charge in [0.1, 0.15) is 12.4 Å². The van der Waals surface area contributed by atoms with Gasteiger partial charge in [-0.05, 0) is 44.9 Å². The number of phenols is 1. The third-order valence-corrected chi connectivity index (χ3v) is 3.42. The second kappa shape index (κ2) is 9.93. The Morgan fingerprint density at radius 1 is 1.38 bits per heavy atom. The van der Waals surface area contributed by atoms with Gasteiger partial charge in [0, 0.05) is 24.1 Å². The van der Waals surface area contributed by atoms with Crippen molar-refractivity contribution in [2.24, 2.45) is 0 Å². The Bertz CT molecular complexity index is 614. The fourth-order valence-corrected chi connectivity index (χ4v) is 2.04. The number of esters is 1. The normalized spacial score (nSPS) is 12.5. The first-order valence-corrected chi connectivity index (χ1v) is 8.26. The fraction of sp³-hybridized carbons (Fsp3) is 0.588. The van der Waals surface area contributed by atoms with Gasteiger partial charge >= 0.3 is 5.97 Å². The number of nitrogens with one attached hydrogen (secondary N) is 1. The van der Waals surface area contributed by atoms with Gasteiger partial charge in [0.25, 0.3) is 5.09 Å². The van der Waals surface area contributed by atoms with Gasteiger partial charge in [0.15, 0.2) is 0 Å². The summed E-state index contributed by atoms with van der Waals surface area (Å²) in [5.74, 6) is -0.606. The van der Waals surface area contributed by atoms with Crippen LogP contribution in [0.4, 0.5) is 0 Å². The maximum atomic E-state index is 11.6. The third kappa shape index (κ3) is 8.63. The molecule has 1 atom stereocenters. The number of carbonyl (C=O) groups is 1. The Labute approximate surface area is 152 Å². The highest BCUT2D eigenvalue weighted by Gasteiger charge is 2.15. The van der Waals surface area contributed by atoms with Gasteiger partial charge in [-0.1, -0.05) is 6.07 Å². The smallest absolute Gasteiger partial charge is 0.306 e. The van der Waals surface area contributed by atoms with E-state index in [1.54, 1.807) is 12.1 Å². The van der Waals surface area contributed by atoms with Crippen LogP contribution in [0.15, 0.2) is 18.2 Å². The van der Waals surface area contributed by atoms with E-state index in [0.717, 1.165) is 0 Å². The Kier molecular flexibility index (Phi) is 8.27. The lowest BCUT2D eigenvalue weighted by Gasteiger charge is -2.23. The summed E-state index contributed by atoms with van der Waals surface area (Å²) in [5.41, 5.74) is 0.812. The second-order valence-corrected chi connectivity index (χ2v) is 6.86. The van der Waals surface area contributed by atoms with E-state index in [1.165, 1.54) is 6.07 Å². The highest BCUT2D eigenvalue weighted by atomic mass is 16.9. The number of nitrogens with zero attached hydrogens (tertiary/aromatic N) is 1. The van der Waals surface area contributed by atoms with Crippen molar-refractivity contribution in [1.82, 2.24) is 5.32 Å². The highest BCUT2D eigenvalue weighted by Crippen LogP contribution is 2.23. The molecule has 0 bridgehead atoms. The van der Waals surface area contributed by atoms with Crippen LogP contribution >= 0.6 is 0 Å². The number of aromatic hydroxyl groups is 1. The zero-order valence-electron chi connectivity index (χ0n) is 15.2. The molecule has 0 aliphatic carbocycles. The first-order chi connectivity index (χ1) is 12.1. The average molecular weight is 370 g/mol. The molecule has 0 amide bonds. The van der Waals surface area contributed by atoms with E-state index in [4.69, 9.17) is 4.74 Å². The number of hydrogen-bond donors (Lipinski definition) is 3. The van der Waals surface area contributed by atoms with E-state index in [2.05, 4.69) is 10.2 Å². The van der Waals surface area contributed by atoms with Crippen LogP contribution in [0.1, 0.15) is 50.8 Å². The molecule has 1 unspecified atom stereocenters. The van der Waals surface area contributed by atoms with Crippen LogP contribution in [0.5, 0.6) is 5.75 Å². The van der Waals surface area contributed by atoms with Gasteiger partial charge in [-0.2, -0.15) is 0 Å². The molecular weight excluding hydrogens is 344 g/mol. The van der Waals surface area contributed by atoms with Crippen LogP contribution in [-0.2, 0) is 21.0 Å². The van der Waals surface area contributed by atoms with Crippen molar-refractivity contribution in [2.45, 2.75) is 51.9 Å². The Hall–Kier alpha value is -2.39. The number of hydrogen-bond acceptors (Lipinski definition) is 8. The molecule has 1 aromatic rings. The number of ether oxygens (including phenoxy) is 1.